The van der Waals surface area contributed by atoms with E-state index >= 15 is 0 Å². The second-order valence-electron chi connectivity index (χ2n) is 9.11. The predicted octanol–water partition coefficient (Wildman–Crippen LogP) is 4.88. The molecule has 2 amide bonds. The van der Waals surface area contributed by atoms with Crippen LogP contribution in [0.4, 0.5) is 0 Å². The third-order valence-corrected chi connectivity index (χ3v) is 6.17. The first-order chi connectivity index (χ1) is 19.4. The van der Waals surface area contributed by atoms with Crippen LogP contribution < -0.4 is 0 Å². The van der Waals surface area contributed by atoms with Crippen LogP contribution in [0.2, 0.25) is 0 Å². The summed E-state index contributed by atoms with van der Waals surface area (Å²) in [6, 6.07) is 25.5. The quantitative estimate of drug-likeness (QED) is 0.269. The van der Waals surface area contributed by atoms with Gasteiger partial charge in [0.15, 0.2) is 0 Å². The summed E-state index contributed by atoms with van der Waals surface area (Å²) in [4.78, 5) is 54.0. The molecular weight excluding hydrogens is 508 g/mol. The number of hydrogen-bond acceptors (Lipinski definition) is 6. The first-order valence-electron chi connectivity index (χ1n) is 13.5. The Morgan fingerprint density at radius 3 is 1.23 bits per heavy atom. The lowest BCUT2D eigenvalue weighted by Gasteiger charge is -2.24. The topological polar surface area (TPSA) is 93.2 Å². The molecule has 8 heteroatoms. The summed E-state index contributed by atoms with van der Waals surface area (Å²) >= 11 is 0. The molecule has 40 heavy (non-hydrogen) atoms. The number of ether oxygens (including phenoxy) is 2. The molecule has 0 aliphatic carbocycles. The van der Waals surface area contributed by atoms with Gasteiger partial charge in [0.2, 0.25) is 0 Å². The van der Waals surface area contributed by atoms with Gasteiger partial charge >= 0.3 is 11.9 Å². The zero-order valence-corrected chi connectivity index (χ0v) is 23.1. The van der Waals surface area contributed by atoms with Gasteiger partial charge in [-0.2, -0.15) is 0 Å². The lowest BCUT2D eigenvalue weighted by Crippen LogP contribution is -2.34. The van der Waals surface area contributed by atoms with Crippen LogP contribution in [0.15, 0.2) is 84.9 Å². The Kier molecular flexibility index (Phi) is 11.9. The van der Waals surface area contributed by atoms with Crippen molar-refractivity contribution in [3.8, 4) is 0 Å². The van der Waals surface area contributed by atoms with Crippen molar-refractivity contribution in [3.63, 3.8) is 0 Å². The van der Waals surface area contributed by atoms with E-state index < -0.39 is 0 Å². The van der Waals surface area contributed by atoms with Gasteiger partial charge in [0.1, 0.15) is 0 Å². The Morgan fingerprint density at radius 1 is 0.550 bits per heavy atom. The Hall–Kier alpha value is -4.46. The van der Waals surface area contributed by atoms with Gasteiger partial charge in [0, 0.05) is 37.3 Å². The second kappa shape index (κ2) is 15.8. The van der Waals surface area contributed by atoms with Gasteiger partial charge in [-0.3, -0.25) is 19.2 Å². The highest BCUT2D eigenvalue weighted by molar-refractivity contribution is 5.98. The summed E-state index contributed by atoms with van der Waals surface area (Å²) in [5.74, 6) is -1.24. The average Bonchev–Trinajstić information content (AvgIpc) is 2.98. The molecular formula is C32H36N2O6. The third-order valence-electron chi connectivity index (χ3n) is 6.17. The Morgan fingerprint density at radius 2 is 0.900 bits per heavy atom. The van der Waals surface area contributed by atoms with E-state index in [4.69, 9.17) is 9.47 Å². The van der Waals surface area contributed by atoms with Crippen molar-refractivity contribution >= 4 is 23.8 Å². The molecule has 3 aromatic carbocycles. The van der Waals surface area contributed by atoms with E-state index in [1.165, 1.54) is 0 Å². The molecule has 0 fully saturated rings. The number of nitrogens with zero attached hydrogens (tertiary/aromatic N) is 2. The molecule has 210 valence electrons. The van der Waals surface area contributed by atoms with Gasteiger partial charge in [-0.05, 0) is 49.2 Å². The van der Waals surface area contributed by atoms with Gasteiger partial charge < -0.3 is 19.3 Å². The highest BCUT2D eigenvalue weighted by Crippen LogP contribution is 2.16. The molecule has 0 unspecified atom stereocenters. The molecule has 0 radical (unpaired) electrons. The van der Waals surface area contributed by atoms with E-state index in [1.54, 1.807) is 47.9 Å². The standard InChI is InChI=1S/C32H36N2O6/c1-3-39-29(35)19-21-33(23-25-11-7-5-8-12-25)31(37)27-15-17-28(18-16-27)32(38)34(22-20-30(36)40-4-2)24-26-13-9-6-10-14-26/h5-18H,3-4,19-24H2,1-2H3. The molecule has 0 aliphatic rings. The maximum atomic E-state index is 13.4. The molecule has 0 aromatic heterocycles. The monoisotopic (exact) mass is 544 g/mol. The van der Waals surface area contributed by atoms with Crippen molar-refractivity contribution in [2.45, 2.75) is 39.8 Å². The zero-order valence-electron chi connectivity index (χ0n) is 23.1. The van der Waals surface area contributed by atoms with E-state index in [0.717, 1.165) is 11.1 Å². The van der Waals surface area contributed by atoms with Crippen LogP contribution in [0.5, 0.6) is 0 Å². The van der Waals surface area contributed by atoms with Crippen LogP contribution in [0.3, 0.4) is 0 Å². The van der Waals surface area contributed by atoms with Crippen LogP contribution in [0.25, 0.3) is 0 Å². The zero-order chi connectivity index (χ0) is 28.7. The summed E-state index contributed by atoms with van der Waals surface area (Å²) in [6.45, 7) is 5.11. The average molecular weight is 545 g/mol. The minimum absolute atomic E-state index is 0.0812. The summed E-state index contributed by atoms with van der Waals surface area (Å²) in [5, 5.41) is 0. The normalized spacial score (nSPS) is 10.4. The van der Waals surface area contributed by atoms with E-state index in [2.05, 4.69) is 0 Å². The fraction of sp³-hybridized carbons (Fsp3) is 0.312. The molecule has 0 aliphatic heterocycles. The van der Waals surface area contributed by atoms with Crippen molar-refractivity contribution in [2.75, 3.05) is 26.3 Å². The van der Waals surface area contributed by atoms with Gasteiger partial charge in [-0.25, -0.2) is 0 Å². The number of amides is 2. The molecule has 0 heterocycles. The van der Waals surface area contributed by atoms with Crippen molar-refractivity contribution in [1.82, 2.24) is 9.80 Å². The van der Waals surface area contributed by atoms with Crippen LogP contribution in [0.1, 0.15) is 58.5 Å². The number of esters is 2. The number of carbonyl (C=O) groups excluding carboxylic acids is 4. The predicted molar refractivity (Wildman–Crippen MR) is 151 cm³/mol. The Labute approximate surface area is 235 Å². The summed E-state index contributed by atoms with van der Waals surface area (Å²) in [5.41, 5.74) is 2.67. The van der Waals surface area contributed by atoms with Crippen LogP contribution in [-0.4, -0.2) is 59.9 Å². The van der Waals surface area contributed by atoms with Crippen molar-refractivity contribution in [3.05, 3.63) is 107 Å². The molecule has 0 saturated carbocycles. The maximum Gasteiger partial charge on any atom is 0.307 e. The molecule has 3 aromatic rings. The van der Waals surface area contributed by atoms with Gasteiger partial charge in [0.05, 0.1) is 26.1 Å². The van der Waals surface area contributed by atoms with Crippen molar-refractivity contribution in [1.29, 1.82) is 0 Å². The minimum Gasteiger partial charge on any atom is -0.466 e. The number of benzene rings is 3. The number of carbonyl (C=O) groups is 4. The summed E-state index contributed by atoms with van der Waals surface area (Å²) in [6.07, 6.45) is 0.162. The van der Waals surface area contributed by atoms with E-state index in [9.17, 15) is 19.2 Å². The first-order valence-corrected chi connectivity index (χ1v) is 13.5. The minimum atomic E-state index is -0.365. The van der Waals surface area contributed by atoms with E-state index in [-0.39, 0.29) is 62.9 Å². The van der Waals surface area contributed by atoms with Crippen molar-refractivity contribution in [2.24, 2.45) is 0 Å². The van der Waals surface area contributed by atoms with Crippen LogP contribution in [-0.2, 0) is 32.2 Å². The molecule has 0 spiro atoms. The van der Waals surface area contributed by atoms with E-state index in [1.807, 2.05) is 60.7 Å². The number of rotatable bonds is 14. The third kappa shape index (κ3) is 9.38. The Balaban J connectivity index is 1.76. The van der Waals surface area contributed by atoms with Gasteiger partial charge in [-0.15, -0.1) is 0 Å². The fourth-order valence-corrected chi connectivity index (χ4v) is 4.15. The molecule has 8 nitrogen and oxygen atoms in total. The summed E-state index contributed by atoms with van der Waals surface area (Å²) < 4.78 is 10.1. The Bertz CT molecular complexity index is 1150. The van der Waals surface area contributed by atoms with Crippen LogP contribution in [0, 0.1) is 0 Å². The van der Waals surface area contributed by atoms with Gasteiger partial charge in [0.25, 0.3) is 11.8 Å². The first kappa shape index (κ1) is 30.1. The molecule has 3 rings (SSSR count). The fourth-order valence-electron chi connectivity index (χ4n) is 4.15. The largest absolute Gasteiger partial charge is 0.466 e. The van der Waals surface area contributed by atoms with Crippen molar-refractivity contribution < 1.29 is 28.7 Å². The van der Waals surface area contributed by atoms with Crippen LogP contribution >= 0.6 is 0 Å². The molecule has 0 bridgehead atoms. The summed E-state index contributed by atoms with van der Waals surface area (Å²) in [7, 11) is 0. The molecule has 0 saturated heterocycles. The highest BCUT2D eigenvalue weighted by Gasteiger charge is 2.21. The lowest BCUT2D eigenvalue weighted by atomic mass is 10.1. The molecule has 0 atom stereocenters. The lowest BCUT2D eigenvalue weighted by molar-refractivity contribution is -0.144. The highest BCUT2D eigenvalue weighted by atomic mass is 16.5. The second-order valence-corrected chi connectivity index (χ2v) is 9.11. The van der Waals surface area contributed by atoms with Gasteiger partial charge in [-0.1, -0.05) is 60.7 Å². The van der Waals surface area contributed by atoms with E-state index in [0.29, 0.717) is 24.2 Å². The SMILES string of the molecule is CCOC(=O)CCN(Cc1ccccc1)C(=O)c1ccc(C(=O)N(CCC(=O)OCC)Cc2ccccc2)cc1. The molecule has 0 N–H and O–H groups in total. The smallest absolute Gasteiger partial charge is 0.307 e. The number of hydrogen-bond donors (Lipinski definition) is 0. The maximum absolute atomic E-state index is 13.4.